The van der Waals surface area contributed by atoms with E-state index in [4.69, 9.17) is 0 Å². The standard InChI is InChI=1S/C27H26NS/c1-17-22-11-7-6-10-19(22)15-23-25(17)27-26-20(12-13-28(27)2)14-21(16-24(26)29-23)18-8-4-3-5-9-18/h6-7,10-16,18H,3-5,8-9H2,1-2H3/q+1. The molecule has 0 amide bonds. The fourth-order valence-corrected chi connectivity index (χ4v) is 6.82. The number of aromatic nitrogens is 1. The summed E-state index contributed by atoms with van der Waals surface area (Å²) in [6.45, 7) is 2.29. The van der Waals surface area contributed by atoms with Crippen LogP contribution >= 0.6 is 11.8 Å². The number of fused-ring (bicyclic) bond motifs is 3. The summed E-state index contributed by atoms with van der Waals surface area (Å²) < 4.78 is 2.33. The molecule has 1 aliphatic heterocycles. The van der Waals surface area contributed by atoms with Gasteiger partial charge < -0.3 is 0 Å². The summed E-state index contributed by atoms with van der Waals surface area (Å²) in [5.41, 5.74) is 5.75. The van der Waals surface area contributed by atoms with Crippen molar-refractivity contribution in [2.24, 2.45) is 7.05 Å². The van der Waals surface area contributed by atoms with Gasteiger partial charge in [0.05, 0.1) is 10.9 Å². The van der Waals surface area contributed by atoms with Gasteiger partial charge in [0.2, 0.25) is 5.69 Å². The van der Waals surface area contributed by atoms with E-state index >= 15 is 0 Å². The highest BCUT2D eigenvalue weighted by Crippen LogP contribution is 2.50. The molecule has 0 unspecified atom stereocenters. The molecule has 2 heteroatoms. The quantitative estimate of drug-likeness (QED) is 0.269. The maximum absolute atomic E-state index is 2.51. The maximum Gasteiger partial charge on any atom is 0.222 e. The van der Waals surface area contributed by atoms with Crippen LogP contribution in [0.5, 0.6) is 0 Å². The SMILES string of the molecule is Cc1c2c(cc3ccccc13)Sc1cc(C3CCCCC3)cc3cc[n+](C)c-2c13. The van der Waals surface area contributed by atoms with Crippen LogP contribution in [0.3, 0.4) is 0 Å². The van der Waals surface area contributed by atoms with Crippen molar-refractivity contribution in [3.8, 4) is 11.3 Å². The molecule has 0 N–H and O–H groups in total. The Balaban J connectivity index is 1.65. The second-order valence-electron chi connectivity index (χ2n) is 8.79. The van der Waals surface area contributed by atoms with Gasteiger partial charge in [-0.2, -0.15) is 0 Å². The molecule has 4 aromatic rings. The summed E-state index contributed by atoms with van der Waals surface area (Å²) in [6, 6.07) is 18.5. The Labute approximate surface area is 176 Å². The first-order valence-electron chi connectivity index (χ1n) is 10.9. The molecule has 2 heterocycles. The molecule has 0 spiro atoms. The van der Waals surface area contributed by atoms with Gasteiger partial charge >= 0.3 is 0 Å². The number of hydrogen-bond acceptors (Lipinski definition) is 1. The Morgan fingerprint density at radius 3 is 2.59 bits per heavy atom. The summed E-state index contributed by atoms with van der Waals surface area (Å²) in [5.74, 6) is 0.738. The van der Waals surface area contributed by atoms with Crippen molar-refractivity contribution in [3.05, 3.63) is 65.9 Å². The normalized spacial score (nSPS) is 16.3. The van der Waals surface area contributed by atoms with E-state index in [-0.39, 0.29) is 0 Å². The smallest absolute Gasteiger partial charge is 0.200 e. The average Bonchev–Trinajstić information content (AvgIpc) is 2.76. The minimum atomic E-state index is 0.738. The van der Waals surface area contributed by atoms with E-state index in [0.717, 1.165) is 5.92 Å². The van der Waals surface area contributed by atoms with Crippen LogP contribution in [0.2, 0.25) is 0 Å². The van der Waals surface area contributed by atoms with Crippen LogP contribution in [0.4, 0.5) is 0 Å². The van der Waals surface area contributed by atoms with Gasteiger partial charge in [-0.25, -0.2) is 4.57 Å². The lowest BCUT2D eigenvalue weighted by Crippen LogP contribution is -2.31. The highest BCUT2D eigenvalue weighted by molar-refractivity contribution is 7.99. The molecule has 29 heavy (non-hydrogen) atoms. The first-order chi connectivity index (χ1) is 14.2. The highest BCUT2D eigenvalue weighted by Gasteiger charge is 2.30. The summed E-state index contributed by atoms with van der Waals surface area (Å²) in [4.78, 5) is 2.84. The molecule has 1 nitrogen and oxygen atoms in total. The molecular formula is C27H26NS+. The van der Waals surface area contributed by atoms with E-state index < -0.39 is 0 Å². The van der Waals surface area contributed by atoms with Crippen LogP contribution in [0.15, 0.2) is 64.5 Å². The van der Waals surface area contributed by atoms with Crippen LogP contribution in [-0.4, -0.2) is 0 Å². The fraction of sp³-hybridized carbons (Fsp3) is 0.296. The summed E-state index contributed by atoms with van der Waals surface area (Å²) in [6.07, 6.45) is 9.13. The molecule has 1 saturated carbocycles. The minimum absolute atomic E-state index is 0.738. The van der Waals surface area contributed by atoms with Gasteiger partial charge in [-0.05, 0) is 65.1 Å². The van der Waals surface area contributed by atoms with Gasteiger partial charge in [0, 0.05) is 15.9 Å². The summed E-state index contributed by atoms with van der Waals surface area (Å²) in [5, 5.41) is 5.55. The number of aryl methyl sites for hydroxylation is 2. The monoisotopic (exact) mass is 396 g/mol. The van der Waals surface area contributed by atoms with Gasteiger partial charge in [0.25, 0.3) is 0 Å². The van der Waals surface area contributed by atoms with E-state index in [1.165, 1.54) is 80.3 Å². The molecule has 1 fully saturated rings. The van der Waals surface area contributed by atoms with Gasteiger partial charge in [-0.15, -0.1) is 0 Å². The zero-order chi connectivity index (χ0) is 19.5. The highest BCUT2D eigenvalue weighted by atomic mass is 32.2. The number of rotatable bonds is 1. The minimum Gasteiger partial charge on any atom is -0.200 e. The van der Waals surface area contributed by atoms with E-state index in [0.29, 0.717) is 0 Å². The predicted octanol–water partition coefficient (Wildman–Crippen LogP) is 7.31. The second kappa shape index (κ2) is 6.60. The third-order valence-electron chi connectivity index (χ3n) is 7.03. The lowest BCUT2D eigenvalue weighted by molar-refractivity contribution is -0.659. The van der Waals surface area contributed by atoms with E-state index in [1.54, 1.807) is 5.56 Å². The second-order valence-corrected chi connectivity index (χ2v) is 9.88. The molecular weight excluding hydrogens is 370 g/mol. The molecule has 0 radical (unpaired) electrons. The van der Waals surface area contributed by atoms with Gasteiger partial charge in [-0.3, -0.25) is 0 Å². The Morgan fingerprint density at radius 2 is 1.72 bits per heavy atom. The molecule has 3 aromatic carbocycles. The molecule has 1 aromatic heterocycles. The average molecular weight is 397 g/mol. The van der Waals surface area contributed by atoms with Crippen LogP contribution in [0.25, 0.3) is 32.8 Å². The van der Waals surface area contributed by atoms with Crippen LogP contribution in [0.1, 0.15) is 49.1 Å². The fourth-order valence-electron chi connectivity index (χ4n) is 5.53. The van der Waals surface area contributed by atoms with Crippen molar-refractivity contribution < 1.29 is 4.57 Å². The number of nitrogens with zero attached hydrogens (tertiary/aromatic N) is 1. The Kier molecular flexibility index (Phi) is 3.99. The van der Waals surface area contributed by atoms with Crippen molar-refractivity contribution >= 4 is 33.3 Å². The molecule has 6 rings (SSSR count). The van der Waals surface area contributed by atoms with Gasteiger partial charge in [-0.1, -0.05) is 61.4 Å². The Hall–Kier alpha value is -2.32. The van der Waals surface area contributed by atoms with Gasteiger partial charge in [0.1, 0.15) is 7.05 Å². The van der Waals surface area contributed by atoms with E-state index in [9.17, 15) is 0 Å². The van der Waals surface area contributed by atoms with Crippen molar-refractivity contribution in [1.29, 1.82) is 0 Å². The molecule has 0 atom stereocenters. The van der Waals surface area contributed by atoms with Crippen molar-refractivity contribution in [1.82, 2.24) is 0 Å². The third-order valence-corrected chi connectivity index (χ3v) is 8.11. The molecule has 0 bridgehead atoms. The first-order valence-corrected chi connectivity index (χ1v) is 11.7. The van der Waals surface area contributed by atoms with E-state index in [1.807, 2.05) is 11.8 Å². The molecule has 2 aliphatic rings. The van der Waals surface area contributed by atoms with Crippen LogP contribution < -0.4 is 4.57 Å². The lowest BCUT2D eigenvalue weighted by Gasteiger charge is -2.25. The zero-order valence-corrected chi connectivity index (χ0v) is 18.0. The number of hydrogen-bond donors (Lipinski definition) is 0. The molecule has 0 saturated heterocycles. The Morgan fingerprint density at radius 1 is 0.897 bits per heavy atom. The lowest BCUT2D eigenvalue weighted by atomic mass is 9.83. The van der Waals surface area contributed by atoms with Crippen molar-refractivity contribution in [2.45, 2.75) is 54.7 Å². The van der Waals surface area contributed by atoms with E-state index in [2.05, 4.69) is 73.3 Å². The van der Waals surface area contributed by atoms with Gasteiger partial charge in [0.15, 0.2) is 6.20 Å². The van der Waals surface area contributed by atoms with Crippen molar-refractivity contribution in [3.63, 3.8) is 0 Å². The summed E-state index contributed by atoms with van der Waals surface area (Å²) >= 11 is 1.98. The maximum atomic E-state index is 2.51. The number of benzene rings is 3. The van der Waals surface area contributed by atoms with Crippen molar-refractivity contribution in [2.75, 3.05) is 0 Å². The van der Waals surface area contributed by atoms with Crippen LogP contribution in [0, 0.1) is 6.92 Å². The zero-order valence-electron chi connectivity index (χ0n) is 17.2. The molecule has 1 aliphatic carbocycles. The summed E-state index contributed by atoms with van der Waals surface area (Å²) in [7, 11) is 2.20. The molecule has 144 valence electrons. The third kappa shape index (κ3) is 2.65. The topological polar surface area (TPSA) is 3.88 Å². The van der Waals surface area contributed by atoms with Crippen LogP contribution in [-0.2, 0) is 7.05 Å². The largest absolute Gasteiger partial charge is 0.222 e. The first kappa shape index (κ1) is 17.5. The predicted molar refractivity (Wildman–Crippen MR) is 123 cm³/mol. The Bertz CT molecular complexity index is 1280. The number of pyridine rings is 1.